The maximum Gasteiger partial charge on any atom is 0.265 e. The molecule has 2 amide bonds. The van der Waals surface area contributed by atoms with Crippen LogP contribution in [0.2, 0.25) is 0 Å². The van der Waals surface area contributed by atoms with Crippen molar-refractivity contribution in [1.82, 2.24) is 10.7 Å². The van der Waals surface area contributed by atoms with Crippen LogP contribution in [0.5, 0.6) is 11.5 Å². The molecule has 1 atom stereocenters. The summed E-state index contributed by atoms with van der Waals surface area (Å²) in [4.78, 5) is 23.9. The Morgan fingerprint density at radius 3 is 2.65 bits per heavy atom. The minimum Gasteiger partial charge on any atom is -0.485 e. The fourth-order valence-corrected chi connectivity index (χ4v) is 2.46. The Balaban J connectivity index is 1.43. The summed E-state index contributed by atoms with van der Waals surface area (Å²) in [5.41, 5.74) is 3.19. The van der Waals surface area contributed by atoms with Crippen molar-refractivity contribution in [2.75, 3.05) is 13.2 Å². The molecule has 0 unspecified atom stereocenters. The van der Waals surface area contributed by atoms with Gasteiger partial charge in [-0.2, -0.15) is 5.10 Å². The van der Waals surface area contributed by atoms with Crippen molar-refractivity contribution in [2.45, 2.75) is 6.10 Å². The predicted molar refractivity (Wildman–Crippen MR) is 99.2 cm³/mol. The molecule has 0 aromatic heterocycles. The van der Waals surface area contributed by atoms with E-state index in [1.807, 2.05) is 30.3 Å². The van der Waals surface area contributed by atoms with Gasteiger partial charge in [0.15, 0.2) is 11.5 Å². The summed E-state index contributed by atoms with van der Waals surface area (Å²) >= 11 is 3.34. The van der Waals surface area contributed by atoms with E-state index in [0.717, 1.165) is 10.0 Å². The molecule has 0 bridgehead atoms. The number of carbonyl (C=O) groups excluding carboxylic acids is 2. The molecule has 0 fully saturated rings. The Bertz CT molecular complexity index is 823. The van der Waals surface area contributed by atoms with Gasteiger partial charge < -0.3 is 14.8 Å². The molecule has 1 heterocycles. The van der Waals surface area contributed by atoms with Gasteiger partial charge in [-0.25, -0.2) is 5.43 Å². The normalized spacial score (nSPS) is 15.5. The van der Waals surface area contributed by atoms with E-state index in [0.29, 0.717) is 11.5 Å². The van der Waals surface area contributed by atoms with E-state index < -0.39 is 17.9 Å². The van der Waals surface area contributed by atoms with Crippen LogP contribution in [0.15, 0.2) is 58.1 Å². The number of fused-ring (bicyclic) bond motifs is 1. The minimum absolute atomic E-state index is 0.0895. The Hall–Kier alpha value is -2.87. The van der Waals surface area contributed by atoms with Crippen molar-refractivity contribution in [3.05, 3.63) is 58.6 Å². The van der Waals surface area contributed by atoms with Crippen LogP contribution >= 0.6 is 15.9 Å². The summed E-state index contributed by atoms with van der Waals surface area (Å²) < 4.78 is 12.0. The number of benzene rings is 2. The van der Waals surface area contributed by atoms with Crippen molar-refractivity contribution >= 4 is 34.0 Å². The monoisotopic (exact) mass is 417 g/mol. The van der Waals surface area contributed by atoms with E-state index >= 15 is 0 Å². The standard InChI is InChI=1S/C18H16BrN3O4/c19-13-7-5-12(6-8-13)9-21-22-17(23)10-20-18(24)16-11-25-14-3-1-2-4-15(14)26-16/h1-9,16H,10-11H2,(H,20,24)(H,22,23)/t16-/m0/s1. The number of hydrogen-bond donors (Lipinski definition) is 2. The number of hydrazone groups is 1. The molecule has 8 heteroatoms. The van der Waals surface area contributed by atoms with E-state index in [9.17, 15) is 9.59 Å². The van der Waals surface area contributed by atoms with Gasteiger partial charge in [0.05, 0.1) is 12.8 Å². The van der Waals surface area contributed by atoms with Gasteiger partial charge in [0.2, 0.25) is 6.10 Å². The van der Waals surface area contributed by atoms with Gasteiger partial charge in [-0.05, 0) is 29.8 Å². The van der Waals surface area contributed by atoms with E-state index in [1.54, 1.807) is 18.2 Å². The molecule has 1 aliphatic rings. The van der Waals surface area contributed by atoms with Crippen molar-refractivity contribution in [3.8, 4) is 11.5 Å². The molecule has 0 spiro atoms. The van der Waals surface area contributed by atoms with Crippen molar-refractivity contribution in [3.63, 3.8) is 0 Å². The maximum atomic E-state index is 12.1. The van der Waals surface area contributed by atoms with E-state index in [1.165, 1.54) is 6.21 Å². The number of nitrogens with zero attached hydrogens (tertiary/aromatic N) is 1. The molecule has 3 rings (SSSR count). The van der Waals surface area contributed by atoms with Gasteiger partial charge in [-0.15, -0.1) is 0 Å². The molecule has 134 valence electrons. The Kier molecular flexibility index (Phi) is 5.85. The predicted octanol–water partition coefficient (Wildman–Crippen LogP) is 1.86. The van der Waals surface area contributed by atoms with Crippen molar-refractivity contribution < 1.29 is 19.1 Å². The lowest BCUT2D eigenvalue weighted by Crippen LogP contribution is -2.46. The summed E-state index contributed by atoms with van der Waals surface area (Å²) in [6.45, 7) is -0.121. The number of halogens is 1. The first-order valence-electron chi connectivity index (χ1n) is 7.85. The average molecular weight is 418 g/mol. The quantitative estimate of drug-likeness (QED) is 0.573. The average Bonchev–Trinajstić information content (AvgIpc) is 2.67. The van der Waals surface area contributed by atoms with Gasteiger partial charge in [0, 0.05) is 4.47 Å². The number of carbonyl (C=O) groups is 2. The molecule has 2 aromatic carbocycles. The third kappa shape index (κ3) is 4.82. The first kappa shape index (κ1) is 17.9. The van der Waals surface area contributed by atoms with E-state index in [-0.39, 0.29) is 13.2 Å². The number of nitrogens with one attached hydrogen (secondary N) is 2. The first-order valence-corrected chi connectivity index (χ1v) is 8.65. The molecule has 26 heavy (non-hydrogen) atoms. The summed E-state index contributed by atoms with van der Waals surface area (Å²) in [6, 6.07) is 14.5. The number of amides is 2. The highest BCUT2D eigenvalue weighted by atomic mass is 79.9. The van der Waals surface area contributed by atoms with Gasteiger partial charge >= 0.3 is 0 Å². The topological polar surface area (TPSA) is 89.0 Å². The lowest BCUT2D eigenvalue weighted by molar-refractivity contribution is -0.132. The molecule has 0 saturated heterocycles. The Morgan fingerprint density at radius 2 is 1.88 bits per heavy atom. The molecule has 0 aliphatic carbocycles. The fraction of sp³-hybridized carbons (Fsp3) is 0.167. The number of ether oxygens (including phenoxy) is 2. The largest absolute Gasteiger partial charge is 0.485 e. The SMILES string of the molecule is O=C(CNC(=O)[C@@H]1COc2ccccc2O1)NN=Cc1ccc(Br)cc1. The highest BCUT2D eigenvalue weighted by Crippen LogP contribution is 2.30. The van der Waals surface area contributed by atoms with Crippen LogP contribution in [0.4, 0.5) is 0 Å². The molecule has 2 aromatic rings. The van der Waals surface area contributed by atoms with Crippen LogP contribution in [-0.2, 0) is 9.59 Å². The van der Waals surface area contributed by atoms with Crippen LogP contribution in [0.1, 0.15) is 5.56 Å². The summed E-state index contributed by atoms with van der Waals surface area (Å²) in [6.07, 6.45) is 0.713. The zero-order valence-corrected chi connectivity index (χ0v) is 15.2. The lowest BCUT2D eigenvalue weighted by atomic mass is 10.2. The van der Waals surface area contributed by atoms with Gasteiger partial charge in [0.1, 0.15) is 6.61 Å². The highest BCUT2D eigenvalue weighted by molar-refractivity contribution is 9.10. The van der Waals surface area contributed by atoms with Crippen LogP contribution in [0.3, 0.4) is 0 Å². The third-order valence-electron chi connectivity index (χ3n) is 3.50. The smallest absolute Gasteiger partial charge is 0.265 e. The second-order valence-electron chi connectivity index (χ2n) is 5.43. The Morgan fingerprint density at radius 1 is 1.15 bits per heavy atom. The van der Waals surface area contributed by atoms with Gasteiger partial charge in [-0.3, -0.25) is 9.59 Å². The molecule has 1 aliphatic heterocycles. The van der Waals surface area contributed by atoms with Crippen LogP contribution in [0, 0.1) is 0 Å². The second-order valence-corrected chi connectivity index (χ2v) is 6.34. The van der Waals surface area contributed by atoms with Gasteiger partial charge in [-0.1, -0.05) is 40.2 Å². The van der Waals surface area contributed by atoms with Crippen LogP contribution in [-0.4, -0.2) is 37.3 Å². The summed E-state index contributed by atoms with van der Waals surface area (Å²) in [5, 5.41) is 6.35. The summed E-state index contributed by atoms with van der Waals surface area (Å²) in [7, 11) is 0. The number of rotatable bonds is 5. The molecule has 2 N–H and O–H groups in total. The zero-order chi connectivity index (χ0) is 18.4. The number of hydrogen-bond acceptors (Lipinski definition) is 5. The maximum absolute atomic E-state index is 12.1. The second kappa shape index (κ2) is 8.48. The summed E-state index contributed by atoms with van der Waals surface area (Å²) in [5.74, 6) is 0.231. The zero-order valence-electron chi connectivity index (χ0n) is 13.6. The number of para-hydroxylation sites is 2. The molecular formula is C18H16BrN3O4. The molecular weight excluding hydrogens is 402 g/mol. The molecule has 0 radical (unpaired) electrons. The van der Waals surface area contributed by atoms with E-state index in [2.05, 4.69) is 31.8 Å². The van der Waals surface area contributed by atoms with Gasteiger partial charge in [0.25, 0.3) is 11.8 Å². The third-order valence-corrected chi connectivity index (χ3v) is 4.03. The Labute approximate surface area is 158 Å². The van der Waals surface area contributed by atoms with Crippen LogP contribution < -0.4 is 20.2 Å². The highest BCUT2D eigenvalue weighted by Gasteiger charge is 2.27. The van der Waals surface area contributed by atoms with Crippen molar-refractivity contribution in [2.24, 2.45) is 5.10 Å². The lowest BCUT2D eigenvalue weighted by Gasteiger charge is -2.25. The van der Waals surface area contributed by atoms with E-state index in [4.69, 9.17) is 9.47 Å². The first-order chi connectivity index (χ1) is 12.6. The van der Waals surface area contributed by atoms with Crippen molar-refractivity contribution in [1.29, 1.82) is 0 Å². The fourth-order valence-electron chi connectivity index (χ4n) is 2.20. The van der Waals surface area contributed by atoms with Crippen LogP contribution in [0.25, 0.3) is 0 Å². The molecule has 0 saturated carbocycles. The minimum atomic E-state index is -0.802. The molecule has 7 nitrogen and oxygen atoms in total.